The van der Waals surface area contributed by atoms with E-state index in [4.69, 9.17) is 4.74 Å². The van der Waals surface area contributed by atoms with Gasteiger partial charge in [0.25, 0.3) is 5.91 Å². The average molecular weight is 263 g/mol. The van der Waals surface area contributed by atoms with Gasteiger partial charge in [-0.05, 0) is 23.6 Å². The van der Waals surface area contributed by atoms with Gasteiger partial charge in [0.2, 0.25) is 0 Å². The molecule has 0 aliphatic carbocycles. The molecule has 1 aromatic carbocycles. The summed E-state index contributed by atoms with van der Waals surface area (Å²) in [6.45, 7) is 2.39. The number of amides is 1. The fourth-order valence-corrected chi connectivity index (χ4v) is 2.97. The number of fused-ring (bicyclic) bond motifs is 1. The van der Waals surface area contributed by atoms with E-state index in [0.717, 1.165) is 10.1 Å². The molecule has 0 radical (unpaired) electrons. The minimum absolute atomic E-state index is 0.0381. The molecule has 1 aliphatic rings. The van der Waals surface area contributed by atoms with Gasteiger partial charge in [0.1, 0.15) is 5.75 Å². The number of hydrogen-bond acceptors (Lipinski definition) is 4. The Morgan fingerprint density at radius 3 is 2.89 bits per heavy atom. The zero-order valence-corrected chi connectivity index (χ0v) is 10.6. The number of thiophene rings is 1. The van der Waals surface area contributed by atoms with Gasteiger partial charge < -0.3 is 14.7 Å². The van der Waals surface area contributed by atoms with Crippen molar-refractivity contribution in [3.8, 4) is 5.75 Å². The van der Waals surface area contributed by atoms with Gasteiger partial charge in [0.15, 0.2) is 0 Å². The van der Waals surface area contributed by atoms with Crippen molar-refractivity contribution in [3.63, 3.8) is 0 Å². The van der Waals surface area contributed by atoms with Crippen LogP contribution in [0.5, 0.6) is 5.75 Å². The SMILES string of the molecule is O=C(c1cc(O)c2ccsc2c1)N1CCOCC1. The van der Waals surface area contributed by atoms with Crippen molar-refractivity contribution in [2.24, 2.45) is 0 Å². The maximum Gasteiger partial charge on any atom is 0.254 e. The van der Waals surface area contributed by atoms with Crippen LogP contribution in [-0.4, -0.2) is 42.2 Å². The van der Waals surface area contributed by atoms with Crippen molar-refractivity contribution in [1.29, 1.82) is 0 Å². The van der Waals surface area contributed by atoms with Gasteiger partial charge >= 0.3 is 0 Å². The Morgan fingerprint density at radius 2 is 2.11 bits per heavy atom. The summed E-state index contributed by atoms with van der Waals surface area (Å²) in [5.41, 5.74) is 0.546. The predicted octanol–water partition coefficient (Wildman–Crippen LogP) is 2.08. The molecule has 1 aromatic heterocycles. The van der Waals surface area contributed by atoms with E-state index < -0.39 is 0 Å². The number of carbonyl (C=O) groups excluding carboxylic acids is 1. The van der Waals surface area contributed by atoms with Gasteiger partial charge in [-0.1, -0.05) is 0 Å². The molecule has 1 N–H and O–H groups in total. The number of benzene rings is 1. The molecule has 18 heavy (non-hydrogen) atoms. The van der Waals surface area contributed by atoms with E-state index in [1.165, 1.54) is 11.3 Å². The number of phenolic OH excluding ortho intramolecular Hbond substituents is 1. The highest BCUT2D eigenvalue weighted by Gasteiger charge is 2.19. The van der Waals surface area contributed by atoms with Crippen molar-refractivity contribution in [1.82, 2.24) is 4.90 Å². The number of hydrogen-bond donors (Lipinski definition) is 1. The topological polar surface area (TPSA) is 49.8 Å². The summed E-state index contributed by atoms with van der Waals surface area (Å²) in [6.07, 6.45) is 0. The van der Waals surface area contributed by atoms with Crippen LogP contribution >= 0.6 is 11.3 Å². The maximum absolute atomic E-state index is 12.3. The molecular formula is C13H13NO3S. The molecule has 94 valence electrons. The fourth-order valence-electron chi connectivity index (χ4n) is 2.12. The minimum atomic E-state index is -0.0381. The average Bonchev–Trinajstić information content (AvgIpc) is 2.88. The third-order valence-corrected chi connectivity index (χ3v) is 3.96. The van der Waals surface area contributed by atoms with Crippen LogP contribution in [0.15, 0.2) is 23.6 Å². The Balaban J connectivity index is 1.95. The monoisotopic (exact) mass is 263 g/mol. The van der Waals surface area contributed by atoms with Gasteiger partial charge in [0.05, 0.1) is 13.2 Å². The molecule has 1 fully saturated rings. The summed E-state index contributed by atoms with van der Waals surface area (Å²) >= 11 is 1.52. The molecular weight excluding hydrogens is 250 g/mol. The molecule has 0 atom stereocenters. The maximum atomic E-state index is 12.3. The second-order valence-electron chi connectivity index (χ2n) is 4.23. The standard InChI is InChI=1S/C13H13NO3S/c15-11-7-9(8-12-10(11)1-6-18-12)13(16)14-2-4-17-5-3-14/h1,6-8,15H,2-5H2. The van der Waals surface area contributed by atoms with Crippen LogP contribution < -0.4 is 0 Å². The summed E-state index contributed by atoms with van der Waals surface area (Å²) in [6, 6.07) is 5.25. The number of aromatic hydroxyl groups is 1. The molecule has 0 spiro atoms. The fraction of sp³-hybridized carbons (Fsp3) is 0.308. The van der Waals surface area contributed by atoms with E-state index in [2.05, 4.69) is 0 Å². The minimum Gasteiger partial charge on any atom is -0.507 e. The molecule has 0 unspecified atom stereocenters. The lowest BCUT2D eigenvalue weighted by molar-refractivity contribution is 0.0303. The highest BCUT2D eigenvalue weighted by molar-refractivity contribution is 7.17. The Labute approximate surface area is 108 Å². The lowest BCUT2D eigenvalue weighted by Crippen LogP contribution is -2.40. The van der Waals surface area contributed by atoms with Gasteiger partial charge in [-0.25, -0.2) is 0 Å². The van der Waals surface area contributed by atoms with Crippen LogP contribution in [0.25, 0.3) is 10.1 Å². The lowest BCUT2D eigenvalue weighted by Gasteiger charge is -2.26. The van der Waals surface area contributed by atoms with E-state index in [-0.39, 0.29) is 11.7 Å². The molecule has 1 amide bonds. The molecule has 0 bridgehead atoms. The van der Waals surface area contributed by atoms with Gasteiger partial charge in [-0.3, -0.25) is 4.79 Å². The Kier molecular flexibility index (Phi) is 2.93. The zero-order valence-electron chi connectivity index (χ0n) is 9.76. The lowest BCUT2D eigenvalue weighted by atomic mass is 10.1. The third-order valence-electron chi connectivity index (χ3n) is 3.10. The van der Waals surface area contributed by atoms with E-state index >= 15 is 0 Å². The summed E-state index contributed by atoms with van der Waals surface area (Å²) in [5, 5.41) is 12.6. The molecule has 2 aromatic rings. The van der Waals surface area contributed by atoms with Gasteiger partial charge in [0, 0.05) is 28.7 Å². The number of carbonyl (C=O) groups is 1. The van der Waals surface area contributed by atoms with Crippen LogP contribution in [0.2, 0.25) is 0 Å². The molecule has 1 aliphatic heterocycles. The summed E-state index contributed by atoms with van der Waals surface area (Å²) < 4.78 is 6.16. The number of rotatable bonds is 1. The molecule has 0 saturated carbocycles. The van der Waals surface area contributed by atoms with Crippen molar-refractivity contribution in [2.75, 3.05) is 26.3 Å². The Bertz CT molecular complexity index is 587. The van der Waals surface area contributed by atoms with Crippen LogP contribution in [-0.2, 0) is 4.74 Å². The molecule has 3 rings (SSSR count). The Morgan fingerprint density at radius 1 is 1.33 bits per heavy atom. The number of phenols is 1. The summed E-state index contributed by atoms with van der Waals surface area (Å²) in [7, 11) is 0. The first-order chi connectivity index (χ1) is 8.75. The molecule has 5 heteroatoms. The number of morpholine rings is 1. The first-order valence-electron chi connectivity index (χ1n) is 5.83. The largest absolute Gasteiger partial charge is 0.507 e. The quantitative estimate of drug-likeness (QED) is 0.857. The van der Waals surface area contributed by atoms with Gasteiger partial charge in [-0.2, -0.15) is 0 Å². The van der Waals surface area contributed by atoms with Crippen molar-refractivity contribution in [3.05, 3.63) is 29.1 Å². The Hall–Kier alpha value is -1.59. The first-order valence-corrected chi connectivity index (χ1v) is 6.71. The second-order valence-corrected chi connectivity index (χ2v) is 5.18. The highest BCUT2D eigenvalue weighted by atomic mass is 32.1. The third kappa shape index (κ3) is 1.95. The molecule has 2 heterocycles. The van der Waals surface area contributed by atoms with E-state index in [9.17, 15) is 9.90 Å². The summed E-state index contributed by atoms with van der Waals surface area (Å²) in [5.74, 6) is 0.134. The van der Waals surface area contributed by atoms with E-state index in [1.807, 2.05) is 17.5 Å². The zero-order chi connectivity index (χ0) is 12.5. The van der Waals surface area contributed by atoms with Crippen molar-refractivity contribution in [2.45, 2.75) is 0 Å². The van der Waals surface area contributed by atoms with Crippen LogP contribution in [0.3, 0.4) is 0 Å². The normalized spacial score (nSPS) is 16.1. The molecule has 1 saturated heterocycles. The van der Waals surface area contributed by atoms with Gasteiger partial charge in [-0.15, -0.1) is 11.3 Å². The summed E-state index contributed by atoms with van der Waals surface area (Å²) in [4.78, 5) is 14.0. The van der Waals surface area contributed by atoms with Crippen LogP contribution in [0.4, 0.5) is 0 Å². The predicted molar refractivity (Wildman–Crippen MR) is 70.2 cm³/mol. The highest BCUT2D eigenvalue weighted by Crippen LogP contribution is 2.31. The first kappa shape index (κ1) is 11.5. The molecule has 4 nitrogen and oxygen atoms in total. The number of nitrogens with zero attached hydrogens (tertiary/aromatic N) is 1. The second kappa shape index (κ2) is 4.59. The van der Waals surface area contributed by atoms with E-state index in [1.54, 1.807) is 11.0 Å². The number of ether oxygens (including phenoxy) is 1. The van der Waals surface area contributed by atoms with Crippen LogP contribution in [0.1, 0.15) is 10.4 Å². The van der Waals surface area contributed by atoms with Crippen LogP contribution in [0, 0.1) is 0 Å². The van der Waals surface area contributed by atoms with Crippen molar-refractivity contribution < 1.29 is 14.6 Å². The van der Waals surface area contributed by atoms with Crippen molar-refractivity contribution >= 4 is 27.3 Å². The van der Waals surface area contributed by atoms with E-state index in [0.29, 0.717) is 31.9 Å². The smallest absolute Gasteiger partial charge is 0.254 e.